The molecule has 0 atom stereocenters. The summed E-state index contributed by atoms with van der Waals surface area (Å²) < 4.78 is 26.1. The summed E-state index contributed by atoms with van der Waals surface area (Å²) in [6.45, 7) is 7.90. The number of rotatable bonds is 7. The van der Waals surface area contributed by atoms with Crippen molar-refractivity contribution >= 4 is 21.6 Å². The summed E-state index contributed by atoms with van der Waals surface area (Å²) in [5.74, 6) is -0.222. The second kappa shape index (κ2) is 8.57. The predicted octanol–water partition coefficient (Wildman–Crippen LogP) is 3.51. The molecule has 0 saturated heterocycles. The van der Waals surface area contributed by atoms with Crippen LogP contribution in [0.2, 0.25) is 0 Å². The molecule has 0 aliphatic heterocycles. The van der Waals surface area contributed by atoms with Gasteiger partial charge in [0.15, 0.2) is 0 Å². The highest BCUT2D eigenvalue weighted by Gasteiger charge is 2.26. The van der Waals surface area contributed by atoms with Gasteiger partial charge in [0.25, 0.3) is 0 Å². The van der Waals surface area contributed by atoms with Gasteiger partial charge in [-0.2, -0.15) is 0 Å². The van der Waals surface area contributed by atoms with Gasteiger partial charge in [0, 0.05) is 12.6 Å². The summed E-state index contributed by atoms with van der Waals surface area (Å²) in [5, 5.41) is 0. The number of amides is 1. The maximum Gasteiger partial charge on any atom is 0.243 e. The van der Waals surface area contributed by atoms with Crippen LogP contribution in [0.3, 0.4) is 0 Å². The second-order valence-corrected chi connectivity index (χ2v) is 9.00. The lowest BCUT2D eigenvalue weighted by atomic mass is 10.1. The largest absolute Gasteiger partial charge is 0.334 e. The topological polar surface area (TPSA) is 57.7 Å². The first-order chi connectivity index (χ1) is 12.6. The first kappa shape index (κ1) is 21.0. The second-order valence-electron chi connectivity index (χ2n) is 7.09. The Kier molecular flexibility index (Phi) is 6.65. The Morgan fingerprint density at radius 2 is 1.63 bits per heavy atom. The minimum Gasteiger partial charge on any atom is -0.334 e. The van der Waals surface area contributed by atoms with Gasteiger partial charge in [-0.25, -0.2) is 8.42 Å². The number of hydrogen-bond acceptors (Lipinski definition) is 3. The Morgan fingerprint density at radius 1 is 1.00 bits per heavy atom. The third-order valence-corrected chi connectivity index (χ3v) is 5.79. The Labute approximate surface area is 162 Å². The Balaban J connectivity index is 2.32. The highest BCUT2D eigenvalue weighted by molar-refractivity contribution is 7.92. The zero-order chi connectivity index (χ0) is 20.2. The lowest BCUT2D eigenvalue weighted by Gasteiger charge is -2.31. The molecule has 0 N–H and O–H groups in total. The van der Waals surface area contributed by atoms with Crippen LogP contribution in [0.1, 0.15) is 30.5 Å². The van der Waals surface area contributed by atoms with E-state index < -0.39 is 10.0 Å². The van der Waals surface area contributed by atoms with Crippen LogP contribution < -0.4 is 4.31 Å². The van der Waals surface area contributed by atoms with Crippen molar-refractivity contribution in [2.24, 2.45) is 0 Å². The summed E-state index contributed by atoms with van der Waals surface area (Å²) in [6, 6.07) is 15.1. The van der Waals surface area contributed by atoms with Crippen LogP contribution in [0, 0.1) is 13.8 Å². The number of anilines is 1. The standard InChI is InChI=1S/C21H28N2O3S/c1-16(2)22(14-19-11-7-6-8-12-19)21(24)15-23(27(5,25)26)20-13-9-10-17(3)18(20)4/h6-13,16H,14-15H2,1-5H3. The number of hydrogen-bond donors (Lipinski definition) is 0. The van der Waals surface area contributed by atoms with E-state index in [0.717, 1.165) is 22.9 Å². The smallest absolute Gasteiger partial charge is 0.243 e. The molecule has 0 bridgehead atoms. The molecular formula is C21H28N2O3S. The first-order valence-electron chi connectivity index (χ1n) is 8.98. The Morgan fingerprint density at radius 3 is 2.19 bits per heavy atom. The van der Waals surface area contributed by atoms with Gasteiger partial charge in [-0.15, -0.1) is 0 Å². The maximum absolute atomic E-state index is 13.0. The molecule has 0 unspecified atom stereocenters. The molecule has 0 aliphatic carbocycles. The predicted molar refractivity (Wildman–Crippen MR) is 110 cm³/mol. The van der Waals surface area contributed by atoms with E-state index in [2.05, 4.69) is 0 Å². The molecule has 2 aromatic rings. The number of nitrogens with zero attached hydrogens (tertiary/aromatic N) is 2. The molecule has 0 heterocycles. The molecule has 2 rings (SSSR count). The lowest BCUT2D eigenvalue weighted by Crippen LogP contribution is -2.45. The van der Waals surface area contributed by atoms with E-state index in [1.54, 1.807) is 11.0 Å². The fraction of sp³-hybridized carbons (Fsp3) is 0.381. The minimum absolute atomic E-state index is 0.0438. The number of carbonyl (C=O) groups is 1. The van der Waals surface area contributed by atoms with Crippen LogP contribution in [0.15, 0.2) is 48.5 Å². The molecule has 0 aliphatic rings. The zero-order valence-electron chi connectivity index (χ0n) is 16.6. The number of sulfonamides is 1. The quantitative estimate of drug-likeness (QED) is 0.729. The van der Waals surface area contributed by atoms with Crippen LogP contribution >= 0.6 is 0 Å². The van der Waals surface area contributed by atoms with Crippen LogP contribution in [0.25, 0.3) is 0 Å². The molecule has 2 aromatic carbocycles. The Bertz CT molecular complexity index is 893. The van der Waals surface area contributed by atoms with E-state index in [1.165, 1.54) is 4.31 Å². The van der Waals surface area contributed by atoms with Crippen molar-refractivity contribution < 1.29 is 13.2 Å². The summed E-state index contributed by atoms with van der Waals surface area (Å²) in [7, 11) is -3.60. The van der Waals surface area contributed by atoms with Crippen LogP contribution in [0.4, 0.5) is 5.69 Å². The molecule has 0 saturated carbocycles. The third kappa shape index (κ3) is 5.32. The molecular weight excluding hydrogens is 360 g/mol. The van der Waals surface area contributed by atoms with Crippen molar-refractivity contribution in [2.45, 2.75) is 40.3 Å². The number of carbonyl (C=O) groups excluding carboxylic acids is 1. The van der Waals surface area contributed by atoms with Crippen molar-refractivity contribution in [2.75, 3.05) is 17.1 Å². The SMILES string of the molecule is Cc1cccc(N(CC(=O)N(Cc2ccccc2)C(C)C)S(C)(=O)=O)c1C. The molecule has 6 heteroatoms. The van der Waals surface area contributed by atoms with Gasteiger partial charge in [-0.1, -0.05) is 42.5 Å². The highest BCUT2D eigenvalue weighted by atomic mass is 32.2. The zero-order valence-corrected chi connectivity index (χ0v) is 17.5. The van der Waals surface area contributed by atoms with E-state index >= 15 is 0 Å². The monoisotopic (exact) mass is 388 g/mol. The van der Waals surface area contributed by atoms with Gasteiger partial charge in [-0.05, 0) is 50.5 Å². The van der Waals surface area contributed by atoms with E-state index in [9.17, 15) is 13.2 Å². The van der Waals surface area contributed by atoms with Crippen LogP contribution in [-0.4, -0.2) is 38.1 Å². The van der Waals surface area contributed by atoms with E-state index in [-0.39, 0.29) is 18.5 Å². The van der Waals surface area contributed by atoms with Gasteiger partial charge in [0.1, 0.15) is 6.54 Å². The minimum atomic E-state index is -3.60. The normalized spacial score (nSPS) is 11.5. The fourth-order valence-corrected chi connectivity index (χ4v) is 3.84. The van der Waals surface area contributed by atoms with Crippen molar-refractivity contribution in [1.82, 2.24) is 4.90 Å². The summed E-state index contributed by atoms with van der Waals surface area (Å²) in [5.41, 5.74) is 3.40. The average molecular weight is 389 g/mol. The molecule has 0 radical (unpaired) electrons. The molecule has 0 aromatic heterocycles. The van der Waals surface area contributed by atoms with Gasteiger partial charge < -0.3 is 4.90 Å². The number of benzene rings is 2. The Hall–Kier alpha value is -2.34. The summed E-state index contributed by atoms with van der Waals surface area (Å²) in [4.78, 5) is 14.7. The van der Waals surface area contributed by atoms with E-state index in [0.29, 0.717) is 12.2 Å². The summed E-state index contributed by atoms with van der Waals surface area (Å²) >= 11 is 0. The van der Waals surface area contributed by atoms with Gasteiger partial charge in [0.2, 0.25) is 15.9 Å². The third-order valence-electron chi connectivity index (χ3n) is 4.66. The molecule has 146 valence electrons. The van der Waals surface area contributed by atoms with Gasteiger partial charge in [-0.3, -0.25) is 9.10 Å². The van der Waals surface area contributed by atoms with Gasteiger partial charge in [0.05, 0.1) is 11.9 Å². The van der Waals surface area contributed by atoms with Crippen LogP contribution in [-0.2, 0) is 21.4 Å². The highest BCUT2D eigenvalue weighted by Crippen LogP contribution is 2.25. The number of aryl methyl sites for hydroxylation is 1. The first-order valence-corrected chi connectivity index (χ1v) is 10.8. The van der Waals surface area contributed by atoms with E-state index in [1.807, 2.05) is 70.2 Å². The van der Waals surface area contributed by atoms with Crippen molar-refractivity contribution in [1.29, 1.82) is 0 Å². The molecule has 5 nitrogen and oxygen atoms in total. The molecule has 0 spiro atoms. The maximum atomic E-state index is 13.0. The van der Waals surface area contributed by atoms with Crippen LogP contribution in [0.5, 0.6) is 0 Å². The molecule has 27 heavy (non-hydrogen) atoms. The van der Waals surface area contributed by atoms with Gasteiger partial charge >= 0.3 is 0 Å². The average Bonchev–Trinajstić information content (AvgIpc) is 2.60. The van der Waals surface area contributed by atoms with Crippen molar-refractivity contribution in [3.8, 4) is 0 Å². The summed E-state index contributed by atoms with van der Waals surface area (Å²) in [6.07, 6.45) is 1.14. The fourth-order valence-electron chi connectivity index (χ4n) is 2.94. The molecule has 0 fully saturated rings. The molecule has 1 amide bonds. The lowest BCUT2D eigenvalue weighted by molar-refractivity contribution is -0.131. The van der Waals surface area contributed by atoms with E-state index in [4.69, 9.17) is 0 Å². The van der Waals surface area contributed by atoms with Crippen molar-refractivity contribution in [3.05, 3.63) is 65.2 Å². The van der Waals surface area contributed by atoms with Crippen molar-refractivity contribution in [3.63, 3.8) is 0 Å².